The second-order valence-electron chi connectivity index (χ2n) is 21.5. The number of carbonyl (C=O) groups excluding carboxylic acids is 4. The van der Waals surface area contributed by atoms with E-state index in [0.717, 1.165) is 77.1 Å². The summed E-state index contributed by atoms with van der Waals surface area (Å²) in [4.78, 5) is 62.6. The molecule has 3 saturated heterocycles. The van der Waals surface area contributed by atoms with Crippen LogP contribution < -0.4 is 26.3 Å². The number of fused-ring (bicyclic) bond motifs is 2. The van der Waals surface area contributed by atoms with Crippen LogP contribution in [0.15, 0.2) is 61.1 Å². The smallest absolute Gasteiger partial charge is 0.407 e. The minimum Gasteiger partial charge on any atom is -0.453 e. The van der Waals surface area contributed by atoms with Crippen LogP contribution in [0, 0.1) is 41.2 Å². The quantitative estimate of drug-likeness (QED) is 0.0368. The number of nitrogens with one attached hydrogen (secondary N) is 4. The zero-order valence-electron chi connectivity index (χ0n) is 45.5. The van der Waals surface area contributed by atoms with Crippen molar-refractivity contribution in [2.24, 2.45) is 10.8 Å². The van der Waals surface area contributed by atoms with Crippen molar-refractivity contribution in [2.75, 3.05) is 52.0 Å². The second-order valence-corrected chi connectivity index (χ2v) is 21.5. The fourth-order valence-corrected chi connectivity index (χ4v) is 10.00. The van der Waals surface area contributed by atoms with Crippen LogP contribution in [0.5, 0.6) is 0 Å². The van der Waals surface area contributed by atoms with E-state index in [9.17, 15) is 59.4 Å². The van der Waals surface area contributed by atoms with Gasteiger partial charge < -0.3 is 40.2 Å². The molecule has 3 aliphatic rings. The number of rotatable bonds is 19. The number of piperazine rings is 1. The molecule has 3 aliphatic heterocycles. The highest BCUT2D eigenvalue weighted by Gasteiger charge is 2.57. The Hall–Kier alpha value is -7.22. The molecule has 7 rings (SSSR count). The third kappa shape index (κ3) is 14.2. The molecule has 4 aromatic rings. The van der Waals surface area contributed by atoms with E-state index in [2.05, 4.69) is 41.5 Å². The molecular formula is C54H62F10N10O8. The molecule has 4 amide bonds. The first-order chi connectivity index (χ1) is 38.4. The Morgan fingerprint density at radius 1 is 0.780 bits per heavy atom. The van der Waals surface area contributed by atoms with E-state index in [1.165, 1.54) is 12.1 Å². The number of halogens is 10. The van der Waals surface area contributed by atoms with Crippen LogP contribution in [-0.2, 0) is 36.8 Å². The molecule has 0 spiro atoms. The van der Waals surface area contributed by atoms with Gasteiger partial charge in [0.05, 0.1) is 62.6 Å². The fraction of sp³-hybridized carbons (Fsp3) is 0.519. The molecule has 2 unspecified atom stereocenters. The molecule has 446 valence electrons. The molecule has 0 radical (unpaired) electrons. The summed E-state index contributed by atoms with van der Waals surface area (Å²) in [5.41, 5.74) is -3.27. The Morgan fingerprint density at radius 2 is 1.33 bits per heavy atom. The van der Waals surface area contributed by atoms with Crippen molar-refractivity contribution in [3.05, 3.63) is 101 Å². The number of alkyl carbamates (subject to hydrolysis) is 2. The first-order valence-electron chi connectivity index (χ1n) is 25.8. The number of hydrazine groups is 1. The van der Waals surface area contributed by atoms with Gasteiger partial charge in [-0.15, -0.1) is 0 Å². The van der Waals surface area contributed by atoms with E-state index in [4.69, 9.17) is 9.72 Å². The SMILES string of the molecule is COC(=O)N[C@H](C(=O)N[C@@H](Cc1ccc(C#Cc2cnc(N3CC4CCC(C3)N4C3COC3)c(C)c2)cc1)[C@@H](O)CN(Cc1c(F)cc(-c2cnn(C(F)F)c2)cc1F)NC(=O)[C@@H](NC(=O)OC)C(C)(C)C(F)(F)F)C(C)(C)C(F)(F)F. The Morgan fingerprint density at radius 3 is 1.82 bits per heavy atom. The zero-order valence-corrected chi connectivity index (χ0v) is 45.5. The van der Waals surface area contributed by atoms with Gasteiger partial charge in [-0.25, -0.2) is 33.0 Å². The number of anilines is 1. The molecule has 6 atom stereocenters. The van der Waals surface area contributed by atoms with Gasteiger partial charge in [-0.1, -0.05) is 24.0 Å². The summed E-state index contributed by atoms with van der Waals surface area (Å²) in [6.07, 6.45) is -10.5. The normalized spacial score (nSPS) is 18.4. The van der Waals surface area contributed by atoms with Gasteiger partial charge in [0.15, 0.2) is 0 Å². The molecule has 2 aromatic carbocycles. The first-order valence-corrected chi connectivity index (χ1v) is 25.8. The number of hydrogen-bond donors (Lipinski definition) is 5. The summed E-state index contributed by atoms with van der Waals surface area (Å²) in [5.74, 6) is 0.928. The van der Waals surface area contributed by atoms with E-state index in [-0.39, 0.29) is 21.4 Å². The van der Waals surface area contributed by atoms with Gasteiger partial charge in [0.25, 0.3) is 5.91 Å². The third-order valence-corrected chi connectivity index (χ3v) is 15.1. The summed E-state index contributed by atoms with van der Waals surface area (Å²) in [7, 11) is 1.61. The molecule has 82 heavy (non-hydrogen) atoms. The predicted molar refractivity (Wildman–Crippen MR) is 274 cm³/mol. The Kier molecular flexibility index (Phi) is 19.1. The van der Waals surface area contributed by atoms with Crippen LogP contribution in [0.3, 0.4) is 0 Å². The number of amides is 4. The van der Waals surface area contributed by atoms with Gasteiger partial charge in [0.2, 0.25) is 5.91 Å². The number of aliphatic hydroxyl groups excluding tert-OH is 1. The molecule has 2 bridgehead atoms. The number of aryl methyl sites for hydroxylation is 1. The number of ether oxygens (including phenoxy) is 3. The van der Waals surface area contributed by atoms with Crippen molar-refractivity contribution in [1.82, 2.24) is 46.0 Å². The number of aliphatic hydroxyl groups is 1. The van der Waals surface area contributed by atoms with Gasteiger partial charge in [-0.3, -0.25) is 19.9 Å². The topological polar surface area (TPSA) is 205 Å². The van der Waals surface area contributed by atoms with Crippen molar-refractivity contribution < 1.29 is 82.4 Å². The highest BCUT2D eigenvalue weighted by atomic mass is 19.4. The maximum Gasteiger partial charge on any atom is 0.407 e. The second kappa shape index (κ2) is 25.1. The van der Waals surface area contributed by atoms with Crippen LogP contribution in [0.1, 0.15) is 74.9 Å². The van der Waals surface area contributed by atoms with Crippen molar-refractivity contribution in [1.29, 1.82) is 0 Å². The average Bonchev–Trinajstić information content (AvgIpc) is 4.20. The largest absolute Gasteiger partial charge is 0.453 e. The van der Waals surface area contributed by atoms with Crippen LogP contribution >= 0.6 is 0 Å². The van der Waals surface area contributed by atoms with Crippen molar-refractivity contribution in [3.63, 3.8) is 0 Å². The standard InChI is InChI=1S/C54H62F10N10O8/c1-29-16-32(20-65-45(29)71-23-35-14-15-36(24-71)74(35)37-27-82-28-37)13-10-30-8-11-31(12-9-30)17-41(67-46(76)43(68-49(78)80-6)51(2,3)53(59,60)61)42(75)26-72(70-47(77)44(69-50(79)81-7)52(4,5)54(62,63)64)25-38-39(55)18-33(19-40(38)56)34-21-66-73(22-34)48(57)58/h8-9,11-12,16,18-22,35-37,41-44,48,75H,14-15,17,23-28H2,1-7H3,(H,67,76)(H,68,78)(H,69,79)(H,70,77)/t35?,36?,41-,42-,43+,44+/m0/s1. The van der Waals surface area contributed by atoms with Crippen LogP contribution in [-0.4, -0.2) is 156 Å². The Labute approximate surface area is 465 Å². The summed E-state index contributed by atoms with van der Waals surface area (Å²) in [6.45, 7) is 2.00. The van der Waals surface area contributed by atoms with Gasteiger partial charge in [0.1, 0.15) is 29.5 Å². The average molecular weight is 1170 g/mol. The molecule has 2 aromatic heterocycles. The number of nitrogens with zero attached hydrogens (tertiary/aromatic N) is 6. The lowest BCUT2D eigenvalue weighted by molar-refractivity contribution is -0.221. The molecule has 28 heteroatoms. The molecule has 5 N–H and O–H groups in total. The van der Waals surface area contributed by atoms with Crippen molar-refractivity contribution in [2.45, 2.75) is 122 Å². The lowest BCUT2D eigenvalue weighted by Gasteiger charge is -2.48. The first kappa shape index (κ1) is 62.4. The monoisotopic (exact) mass is 1170 g/mol. The van der Waals surface area contributed by atoms with E-state index in [1.807, 2.05) is 23.7 Å². The molecular weight excluding hydrogens is 1110 g/mol. The lowest BCUT2D eigenvalue weighted by Crippen LogP contribution is -2.63. The maximum absolute atomic E-state index is 16.1. The Balaban J connectivity index is 1.19. The number of pyridine rings is 1. The predicted octanol–water partition coefficient (Wildman–Crippen LogP) is 6.93. The van der Waals surface area contributed by atoms with Gasteiger partial charge in [0, 0.05) is 72.9 Å². The van der Waals surface area contributed by atoms with Gasteiger partial charge >= 0.3 is 31.1 Å². The summed E-state index contributed by atoms with van der Waals surface area (Å²) < 4.78 is 161. The molecule has 0 saturated carbocycles. The lowest BCUT2D eigenvalue weighted by atomic mass is 9.82. The van der Waals surface area contributed by atoms with E-state index in [1.54, 1.807) is 23.6 Å². The summed E-state index contributed by atoms with van der Waals surface area (Å²) in [6, 6.07) is 3.85. The van der Waals surface area contributed by atoms with Crippen molar-refractivity contribution >= 4 is 29.8 Å². The minimum absolute atomic E-state index is 0.173. The maximum atomic E-state index is 16.1. The summed E-state index contributed by atoms with van der Waals surface area (Å²) >= 11 is 0. The van der Waals surface area contributed by atoms with Crippen LogP contribution in [0.25, 0.3) is 11.1 Å². The summed E-state index contributed by atoms with van der Waals surface area (Å²) in [5, 5.41) is 22.0. The van der Waals surface area contributed by atoms with E-state index >= 15 is 8.78 Å². The molecule has 0 aliphatic carbocycles. The minimum atomic E-state index is -5.23. The van der Waals surface area contributed by atoms with Gasteiger partial charge in [-0.05, 0) is 101 Å². The number of hydrogen-bond acceptors (Lipinski definition) is 13. The fourth-order valence-electron chi connectivity index (χ4n) is 10.00. The number of alkyl halides is 8. The third-order valence-electron chi connectivity index (χ3n) is 15.1. The van der Waals surface area contributed by atoms with Gasteiger partial charge in [-0.2, -0.15) is 40.2 Å². The van der Waals surface area contributed by atoms with Crippen LogP contribution in [0.2, 0.25) is 0 Å². The highest BCUT2D eigenvalue weighted by Crippen LogP contribution is 2.42. The van der Waals surface area contributed by atoms with Crippen LogP contribution in [0.4, 0.5) is 59.3 Å². The number of benzene rings is 2. The van der Waals surface area contributed by atoms with E-state index < -0.39 is 115 Å². The molecule has 18 nitrogen and oxygen atoms in total. The highest BCUT2D eigenvalue weighted by molar-refractivity contribution is 5.87. The van der Waals surface area contributed by atoms with Crippen molar-refractivity contribution in [3.8, 4) is 23.0 Å². The van der Waals surface area contributed by atoms with E-state index in [0.29, 0.717) is 74.1 Å². The number of aromatic nitrogens is 3. The number of methoxy groups -OCH3 is 2. The number of carbonyl (C=O) groups is 4. The molecule has 3 fully saturated rings. The molecule has 5 heterocycles. The Bertz CT molecular complexity index is 2980. The zero-order chi connectivity index (χ0) is 60.2.